The van der Waals surface area contributed by atoms with Gasteiger partial charge in [0.25, 0.3) is 5.24 Å². The molecule has 0 radical (unpaired) electrons. The quantitative estimate of drug-likeness (QED) is 0.413. The number of carbonyl (C=O) groups is 1. The molecule has 1 rings (SSSR count). The van der Waals surface area contributed by atoms with Gasteiger partial charge in [-0.25, -0.2) is 0 Å². The topological polar surface area (TPSA) is 17.1 Å². The van der Waals surface area contributed by atoms with E-state index in [1.807, 2.05) is 6.07 Å². The molecule has 0 atom stereocenters. The Morgan fingerprint density at radius 3 is 2.17 bits per heavy atom. The molecule has 0 aliphatic carbocycles. The minimum atomic E-state index is -0.463. The molecule has 0 aliphatic heterocycles. The minimum Gasteiger partial charge on any atom is -0.276 e. The third-order valence-electron chi connectivity index (χ3n) is 1.52. The van der Waals surface area contributed by atoms with Gasteiger partial charge >= 0.3 is 0 Å². The molecule has 0 aliphatic rings. The van der Waals surface area contributed by atoms with Gasteiger partial charge in [0.1, 0.15) is 0 Å². The third kappa shape index (κ3) is 1.90. The molecular formula is C9H7ClOS. The normalized spacial score (nSPS) is 9.50. The molecule has 1 aromatic carbocycles. The highest BCUT2D eigenvalue weighted by atomic mass is 35.5. The van der Waals surface area contributed by atoms with Crippen molar-refractivity contribution in [1.82, 2.24) is 0 Å². The van der Waals surface area contributed by atoms with Crippen LogP contribution in [0.4, 0.5) is 0 Å². The molecule has 0 aromatic heterocycles. The molecule has 0 heterocycles. The van der Waals surface area contributed by atoms with Crippen molar-refractivity contribution in [3.8, 4) is 0 Å². The summed E-state index contributed by atoms with van der Waals surface area (Å²) in [4.78, 5) is 11.6. The van der Waals surface area contributed by atoms with E-state index in [4.69, 9.17) is 23.8 Å². The molecule has 0 bridgehead atoms. The van der Waals surface area contributed by atoms with Crippen LogP contribution in [0.15, 0.2) is 24.3 Å². The molecule has 1 nitrogen and oxygen atoms in total. The lowest BCUT2D eigenvalue weighted by atomic mass is 10.1. The van der Waals surface area contributed by atoms with E-state index in [9.17, 15) is 4.79 Å². The van der Waals surface area contributed by atoms with Crippen molar-refractivity contribution >= 4 is 33.9 Å². The van der Waals surface area contributed by atoms with Crippen molar-refractivity contribution in [2.45, 2.75) is 6.92 Å². The average molecular weight is 199 g/mol. The van der Waals surface area contributed by atoms with Crippen molar-refractivity contribution in [2.24, 2.45) is 0 Å². The Balaban J connectivity index is 3.27. The summed E-state index contributed by atoms with van der Waals surface area (Å²) in [5.41, 5.74) is 1.22. The largest absolute Gasteiger partial charge is 0.276 e. The van der Waals surface area contributed by atoms with Crippen LogP contribution in [-0.4, -0.2) is 10.1 Å². The number of halogens is 1. The molecule has 3 heteroatoms. The van der Waals surface area contributed by atoms with Gasteiger partial charge in [0.05, 0.1) is 0 Å². The van der Waals surface area contributed by atoms with Crippen LogP contribution in [-0.2, 0) is 0 Å². The number of hydrogen-bond donors (Lipinski definition) is 0. The Morgan fingerprint density at radius 2 is 1.83 bits per heavy atom. The maximum atomic E-state index is 10.9. The Morgan fingerprint density at radius 1 is 1.33 bits per heavy atom. The van der Waals surface area contributed by atoms with E-state index >= 15 is 0 Å². The Bertz CT molecular complexity index is 300. The first-order chi connectivity index (χ1) is 5.63. The second-order valence-corrected chi connectivity index (χ2v) is 3.33. The molecule has 1 aromatic rings. The van der Waals surface area contributed by atoms with E-state index in [1.165, 1.54) is 0 Å². The van der Waals surface area contributed by atoms with Gasteiger partial charge in [0.2, 0.25) is 0 Å². The summed E-state index contributed by atoms with van der Waals surface area (Å²) >= 11 is 10.3. The van der Waals surface area contributed by atoms with Gasteiger partial charge in [-0.05, 0) is 24.6 Å². The third-order valence-corrected chi connectivity index (χ3v) is 1.94. The monoisotopic (exact) mass is 198 g/mol. The molecule has 0 N–H and O–H groups in total. The molecular weight excluding hydrogens is 192 g/mol. The van der Waals surface area contributed by atoms with Crippen molar-refractivity contribution in [2.75, 3.05) is 0 Å². The van der Waals surface area contributed by atoms with E-state index < -0.39 is 5.24 Å². The van der Waals surface area contributed by atoms with Crippen LogP contribution in [0.2, 0.25) is 0 Å². The summed E-state index contributed by atoms with van der Waals surface area (Å²) in [5.74, 6) is 0. The zero-order valence-electron chi connectivity index (χ0n) is 6.50. The van der Waals surface area contributed by atoms with Crippen LogP contribution in [0, 0.1) is 0 Å². The van der Waals surface area contributed by atoms with Gasteiger partial charge < -0.3 is 0 Å². The molecule has 0 saturated carbocycles. The number of benzene rings is 1. The Labute approximate surface area is 81.3 Å². The first-order valence-corrected chi connectivity index (χ1v) is 4.21. The lowest BCUT2D eigenvalue weighted by Crippen LogP contribution is -2.00. The fourth-order valence-electron chi connectivity index (χ4n) is 0.962. The summed E-state index contributed by atoms with van der Waals surface area (Å²) in [7, 11) is 0. The van der Waals surface area contributed by atoms with Crippen molar-refractivity contribution < 1.29 is 4.79 Å². The number of carbonyl (C=O) groups excluding carboxylic acids is 1. The summed E-state index contributed by atoms with van der Waals surface area (Å²) in [6, 6.07) is 7.05. The van der Waals surface area contributed by atoms with E-state index in [0.717, 1.165) is 5.56 Å². The second-order valence-electron chi connectivity index (χ2n) is 2.38. The standard InChI is InChI=1S/C9H7ClOS/c1-6(12)7-4-2-3-5-8(7)9(10)11/h2-5H,1H3. The van der Waals surface area contributed by atoms with Gasteiger partial charge in [-0.15, -0.1) is 0 Å². The van der Waals surface area contributed by atoms with Crippen molar-refractivity contribution in [3.63, 3.8) is 0 Å². The highest BCUT2D eigenvalue weighted by Gasteiger charge is 2.08. The number of hydrogen-bond acceptors (Lipinski definition) is 2. The highest BCUT2D eigenvalue weighted by molar-refractivity contribution is 7.80. The van der Waals surface area contributed by atoms with Crippen LogP contribution >= 0.6 is 23.8 Å². The van der Waals surface area contributed by atoms with Crippen LogP contribution in [0.25, 0.3) is 0 Å². The lowest BCUT2D eigenvalue weighted by molar-refractivity contribution is 0.108. The van der Waals surface area contributed by atoms with Crippen LogP contribution < -0.4 is 0 Å². The average Bonchev–Trinajstić information content (AvgIpc) is 2.04. The zero-order valence-corrected chi connectivity index (χ0v) is 8.08. The molecule has 0 fully saturated rings. The fraction of sp³-hybridized carbons (Fsp3) is 0.111. The van der Waals surface area contributed by atoms with E-state index in [-0.39, 0.29) is 0 Å². The van der Waals surface area contributed by atoms with Gasteiger partial charge in [0.15, 0.2) is 0 Å². The smallest absolute Gasteiger partial charge is 0.253 e. The summed E-state index contributed by atoms with van der Waals surface area (Å²) in [5, 5.41) is -0.463. The van der Waals surface area contributed by atoms with Crippen LogP contribution in [0.5, 0.6) is 0 Å². The second kappa shape index (κ2) is 3.78. The first-order valence-electron chi connectivity index (χ1n) is 3.42. The predicted octanol–water partition coefficient (Wildman–Crippen LogP) is 2.80. The van der Waals surface area contributed by atoms with Gasteiger partial charge in [0, 0.05) is 16.0 Å². The number of thiocarbonyl (C=S) groups is 1. The molecule has 0 spiro atoms. The Kier molecular flexibility index (Phi) is 2.95. The molecule has 62 valence electrons. The van der Waals surface area contributed by atoms with Crippen molar-refractivity contribution in [3.05, 3.63) is 35.4 Å². The van der Waals surface area contributed by atoms with Gasteiger partial charge in [-0.3, -0.25) is 4.79 Å². The zero-order chi connectivity index (χ0) is 9.14. The molecule has 0 amide bonds. The number of rotatable bonds is 2. The van der Waals surface area contributed by atoms with E-state index in [0.29, 0.717) is 10.4 Å². The molecule has 0 saturated heterocycles. The highest BCUT2D eigenvalue weighted by Crippen LogP contribution is 2.12. The maximum Gasteiger partial charge on any atom is 0.253 e. The lowest BCUT2D eigenvalue weighted by Gasteiger charge is -2.01. The van der Waals surface area contributed by atoms with E-state index in [2.05, 4.69) is 0 Å². The SMILES string of the molecule is CC(=S)c1ccccc1C(=O)Cl. The van der Waals surface area contributed by atoms with Crippen LogP contribution in [0.1, 0.15) is 22.8 Å². The summed E-state index contributed by atoms with van der Waals surface area (Å²) in [6.07, 6.45) is 0. The predicted molar refractivity (Wildman–Crippen MR) is 54.0 cm³/mol. The summed E-state index contributed by atoms with van der Waals surface area (Å²) in [6.45, 7) is 1.77. The Hall–Kier alpha value is -0.730. The van der Waals surface area contributed by atoms with E-state index in [1.54, 1.807) is 25.1 Å². The van der Waals surface area contributed by atoms with Crippen molar-refractivity contribution in [1.29, 1.82) is 0 Å². The summed E-state index contributed by atoms with van der Waals surface area (Å²) < 4.78 is 0. The molecule has 12 heavy (non-hydrogen) atoms. The van der Waals surface area contributed by atoms with Crippen LogP contribution in [0.3, 0.4) is 0 Å². The fourth-order valence-corrected chi connectivity index (χ4v) is 1.30. The van der Waals surface area contributed by atoms with Gasteiger partial charge in [-0.1, -0.05) is 30.4 Å². The first kappa shape index (κ1) is 9.36. The minimum absolute atomic E-state index is 0.463. The molecule has 0 unspecified atom stereocenters. The van der Waals surface area contributed by atoms with Gasteiger partial charge in [-0.2, -0.15) is 0 Å². The maximum absolute atomic E-state index is 10.9.